The zero-order chi connectivity index (χ0) is 21.9. The van der Waals surface area contributed by atoms with Crippen LogP contribution in [-0.4, -0.2) is 39.6 Å². The van der Waals surface area contributed by atoms with Crippen molar-refractivity contribution in [2.45, 2.75) is 6.42 Å². The Balaban J connectivity index is 0.000000269. The molecule has 0 saturated heterocycles. The van der Waals surface area contributed by atoms with E-state index in [0.29, 0.717) is 5.56 Å². The standard InChI is InChI=1S/C16H14O4.C7H6O3/c17-14(12-6-2-1-3-7-12)10-11-20-16(19)13-8-4-5-9-15(13)18;8-6-4-2-1-3-5(6)7(9)10/h1-9,18H,10-11H2;1-4,8H,(H,9,10). The summed E-state index contributed by atoms with van der Waals surface area (Å²) in [7, 11) is 0. The van der Waals surface area contributed by atoms with Crippen molar-refractivity contribution in [3.8, 4) is 11.5 Å². The normalized spacial score (nSPS) is 9.73. The van der Waals surface area contributed by atoms with Crippen molar-refractivity contribution < 1.29 is 34.4 Å². The molecule has 0 atom stereocenters. The van der Waals surface area contributed by atoms with E-state index in [1.165, 1.54) is 24.3 Å². The maximum absolute atomic E-state index is 11.8. The van der Waals surface area contributed by atoms with Gasteiger partial charge in [0, 0.05) is 12.0 Å². The molecule has 154 valence electrons. The predicted molar refractivity (Wildman–Crippen MR) is 109 cm³/mol. The first kappa shape index (κ1) is 22.2. The average Bonchev–Trinajstić information content (AvgIpc) is 2.75. The van der Waals surface area contributed by atoms with Crippen LogP contribution in [0.15, 0.2) is 78.9 Å². The van der Waals surface area contributed by atoms with Crippen LogP contribution in [0, 0.1) is 0 Å². The summed E-state index contributed by atoms with van der Waals surface area (Å²) in [5.74, 6) is -2.17. The number of Topliss-reactive ketones (excluding diaryl/α,β-unsaturated/α-hetero) is 1. The number of benzene rings is 3. The number of hydrogen-bond acceptors (Lipinski definition) is 6. The summed E-state index contributed by atoms with van der Waals surface area (Å²) in [4.78, 5) is 33.7. The molecule has 0 fully saturated rings. The number of aromatic carboxylic acids is 1. The first-order valence-corrected chi connectivity index (χ1v) is 8.94. The highest BCUT2D eigenvalue weighted by Gasteiger charge is 2.13. The van der Waals surface area contributed by atoms with Crippen LogP contribution < -0.4 is 0 Å². The Morgan fingerprint density at radius 3 is 1.70 bits per heavy atom. The molecular formula is C23H20O7. The zero-order valence-corrected chi connectivity index (χ0v) is 15.9. The quantitative estimate of drug-likeness (QED) is 0.418. The Labute approximate surface area is 172 Å². The number of rotatable bonds is 6. The molecule has 7 heteroatoms. The van der Waals surface area contributed by atoms with E-state index in [0.717, 1.165) is 0 Å². The van der Waals surface area contributed by atoms with Crippen molar-refractivity contribution in [1.29, 1.82) is 0 Å². The Hall–Kier alpha value is -4.13. The van der Waals surface area contributed by atoms with Gasteiger partial charge in [-0.3, -0.25) is 4.79 Å². The number of hydrogen-bond donors (Lipinski definition) is 3. The third-order valence-corrected chi connectivity index (χ3v) is 3.92. The number of carboxylic acids is 1. The van der Waals surface area contributed by atoms with Crippen molar-refractivity contribution in [1.82, 2.24) is 0 Å². The molecule has 7 nitrogen and oxygen atoms in total. The number of carbonyl (C=O) groups excluding carboxylic acids is 2. The second-order valence-electron chi connectivity index (χ2n) is 6.01. The van der Waals surface area contributed by atoms with Gasteiger partial charge in [-0.15, -0.1) is 0 Å². The molecular weight excluding hydrogens is 388 g/mol. The topological polar surface area (TPSA) is 121 Å². The molecule has 3 N–H and O–H groups in total. The SMILES string of the molecule is O=C(CCOC(=O)c1ccccc1O)c1ccccc1.O=C(O)c1ccccc1O. The van der Waals surface area contributed by atoms with Gasteiger partial charge in [0.05, 0.1) is 6.61 Å². The van der Waals surface area contributed by atoms with Gasteiger partial charge in [-0.05, 0) is 24.3 Å². The average molecular weight is 408 g/mol. The lowest BCUT2D eigenvalue weighted by molar-refractivity contribution is 0.0492. The number of ketones is 1. The van der Waals surface area contributed by atoms with E-state index in [2.05, 4.69) is 0 Å². The fourth-order valence-corrected chi connectivity index (χ4v) is 2.38. The van der Waals surface area contributed by atoms with Crippen LogP contribution in [0.1, 0.15) is 37.5 Å². The Morgan fingerprint density at radius 1 is 0.700 bits per heavy atom. The molecule has 0 amide bonds. The van der Waals surface area contributed by atoms with Crippen molar-refractivity contribution in [2.75, 3.05) is 6.61 Å². The summed E-state index contributed by atoms with van der Waals surface area (Å²) >= 11 is 0. The zero-order valence-electron chi connectivity index (χ0n) is 15.9. The van der Waals surface area contributed by atoms with Gasteiger partial charge in [0.15, 0.2) is 5.78 Å². The van der Waals surface area contributed by atoms with Gasteiger partial charge in [0.2, 0.25) is 0 Å². The van der Waals surface area contributed by atoms with Gasteiger partial charge in [-0.25, -0.2) is 9.59 Å². The molecule has 0 aromatic heterocycles. The van der Waals surface area contributed by atoms with E-state index in [4.69, 9.17) is 14.9 Å². The van der Waals surface area contributed by atoms with Crippen molar-refractivity contribution >= 4 is 17.7 Å². The van der Waals surface area contributed by atoms with Gasteiger partial charge in [0.25, 0.3) is 0 Å². The maximum atomic E-state index is 11.8. The molecule has 30 heavy (non-hydrogen) atoms. The fraction of sp³-hybridized carbons (Fsp3) is 0.0870. The molecule has 0 saturated carbocycles. The summed E-state index contributed by atoms with van der Waals surface area (Å²) < 4.78 is 4.98. The Kier molecular flexibility index (Phi) is 8.14. The highest BCUT2D eigenvalue weighted by molar-refractivity contribution is 5.96. The van der Waals surface area contributed by atoms with Crippen LogP contribution in [0.5, 0.6) is 11.5 Å². The highest BCUT2D eigenvalue weighted by atomic mass is 16.5. The van der Waals surface area contributed by atoms with E-state index in [1.807, 2.05) is 6.07 Å². The number of carbonyl (C=O) groups is 3. The lowest BCUT2D eigenvalue weighted by Gasteiger charge is -2.05. The minimum absolute atomic E-state index is 0.0130. The molecule has 0 radical (unpaired) electrons. The van der Waals surface area contributed by atoms with E-state index < -0.39 is 11.9 Å². The first-order valence-electron chi connectivity index (χ1n) is 8.94. The van der Waals surface area contributed by atoms with Crippen LogP contribution in [0.2, 0.25) is 0 Å². The maximum Gasteiger partial charge on any atom is 0.341 e. The summed E-state index contributed by atoms with van der Waals surface area (Å²) in [5.41, 5.74) is 0.619. The molecule has 0 aliphatic carbocycles. The smallest absolute Gasteiger partial charge is 0.341 e. The van der Waals surface area contributed by atoms with Gasteiger partial charge in [-0.1, -0.05) is 54.6 Å². The second kappa shape index (κ2) is 11.0. The van der Waals surface area contributed by atoms with E-state index in [9.17, 15) is 19.5 Å². The predicted octanol–water partition coefficient (Wildman–Crippen LogP) is 3.91. The third kappa shape index (κ3) is 6.49. The number of phenolic OH excluding ortho intramolecular Hbond substituents is 1. The van der Waals surface area contributed by atoms with Gasteiger partial charge < -0.3 is 20.1 Å². The molecule has 0 heterocycles. The number of para-hydroxylation sites is 2. The van der Waals surface area contributed by atoms with Crippen molar-refractivity contribution in [3.05, 3.63) is 95.6 Å². The minimum atomic E-state index is -1.11. The van der Waals surface area contributed by atoms with Crippen molar-refractivity contribution in [2.24, 2.45) is 0 Å². The molecule has 3 rings (SSSR count). The Bertz CT molecular complexity index is 1010. The molecule has 0 aliphatic heterocycles. The molecule has 0 bridgehead atoms. The second-order valence-corrected chi connectivity index (χ2v) is 6.01. The number of esters is 1. The molecule has 0 aliphatic rings. The monoisotopic (exact) mass is 408 g/mol. The van der Waals surface area contributed by atoms with E-state index in [-0.39, 0.29) is 41.4 Å². The summed E-state index contributed by atoms with van der Waals surface area (Å²) in [5, 5.41) is 26.8. The lowest BCUT2D eigenvalue weighted by Crippen LogP contribution is -2.10. The number of ether oxygens (including phenoxy) is 1. The van der Waals surface area contributed by atoms with Crippen LogP contribution in [0.3, 0.4) is 0 Å². The third-order valence-electron chi connectivity index (χ3n) is 3.92. The van der Waals surface area contributed by atoms with E-state index >= 15 is 0 Å². The van der Waals surface area contributed by atoms with Gasteiger partial charge in [-0.2, -0.15) is 0 Å². The van der Waals surface area contributed by atoms with Gasteiger partial charge >= 0.3 is 11.9 Å². The number of phenols is 2. The summed E-state index contributed by atoms with van der Waals surface area (Å²) in [6.45, 7) is -0.0130. The molecule has 0 unspecified atom stereocenters. The van der Waals surface area contributed by atoms with Crippen LogP contribution in [0.25, 0.3) is 0 Å². The van der Waals surface area contributed by atoms with Crippen LogP contribution >= 0.6 is 0 Å². The lowest BCUT2D eigenvalue weighted by atomic mass is 10.1. The van der Waals surface area contributed by atoms with Crippen LogP contribution in [0.4, 0.5) is 0 Å². The largest absolute Gasteiger partial charge is 0.507 e. The van der Waals surface area contributed by atoms with Gasteiger partial charge in [0.1, 0.15) is 22.6 Å². The minimum Gasteiger partial charge on any atom is -0.507 e. The summed E-state index contributed by atoms with van der Waals surface area (Å²) in [6, 6.07) is 20.8. The number of carboxylic acid groups (broad SMARTS) is 1. The van der Waals surface area contributed by atoms with Crippen molar-refractivity contribution in [3.63, 3.8) is 0 Å². The van der Waals surface area contributed by atoms with Crippen LogP contribution in [-0.2, 0) is 4.74 Å². The van der Waals surface area contributed by atoms with E-state index in [1.54, 1.807) is 48.5 Å². The number of aromatic hydroxyl groups is 2. The fourth-order valence-electron chi connectivity index (χ4n) is 2.38. The summed E-state index contributed by atoms with van der Waals surface area (Å²) in [6.07, 6.45) is 0.114. The first-order chi connectivity index (χ1) is 14.4. The molecule has 3 aromatic carbocycles. The molecule has 3 aromatic rings. The molecule has 0 spiro atoms. The highest BCUT2D eigenvalue weighted by Crippen LogP contribution is 2.17. The Morgan fingerprint density at radius 2 is 1.20 bits per heavy atom.